The fourth-order valence-corrected chi connectivity index (χ4v) is 2.72. The van der Waals surface area contributed by atoms with Crippen LogP contribution in [0.25, 0.3) is 0 Å². The number of hydrogen-bond donors (Lipinski definition) is 1. The summed E-state index contributed by atoms with van der Waals surface area (Å²) in [5.41, 5.74) is 2.45. The summed E-state index contributed by atoms with van der Waals surface area (Å²) in [5, 5.41) is 3.39. The minimum atomic E-state index is -0.252. The van der Waals surface area contributed by atoms with Crippen molar-refractivity contribution in [1.29, 1.82) is 0 Å². The monoisotopic (exact) mass is 344 g/mol. The molecule has 3 rings (SSSR count). The second kappa shape index (κ2) is 6.93. The van der Waals surface area contributed by atoms with Gasteiger partial charge in [0.2, 0.25) is 5.91 Å². The summed E-state index contributed by atoms with van der Waals surface area (Å²) in [7, 11) is 0. The molecule has 0 bridgehead atoms. The van der Waals surface area contributed by atoms with Gasteiger partial charge in [-0.25, -0.2) is 0 Å². The topological polar surface area (TPSA) is 58.6 Å². The molecular formula is C18H17ClN2O3. The Labute approximate surface area is 145 Å². The van der Waals surface area contributed by atoms with Gasteiger partial charge in [-0.3, -0.25) is 14.5 Å². The van der Waals surface area contributed by atoms with E-state index in [9.17, 15) is 9.59 Å². The lowest BCUT2D eigenvalue weighted by atomic mass is 10.1. The summed E-state index contributed by atoms with van der Waals surface area (Å²) >= 11 is 6.07. The summed E-state index contributed by atoms with van der Waals surface area (Å²) in [4.78, 5) is 25.8. The molecule has 0 fully saturated rings. The van der Waals surface area contributed by atoms with Gasteiger partial charge in [0.05, 0.1) is 5.69 Å². The van der Waals surface area contributed by atoms with Gasteiger partial charge in [-0.2, -0.15) is 0 Å². The van der Waals surface area contributed by atoms with Crippen LogP contribution in [0.5, 0.6) is 5.75 Å². The Morgan fingerprint density at radius 3 is 2.88 bits per heavy atom. The molecule has 2 amide bonds. The van der Waals surface area contributed by atoms with Crippen LogP contribution in [0, 0.1) is 6.92 Å². The number of anilines is 1. The first-order chi connectivity index (χ1) is 11.5. The van der Waals surface area contributed by atoms with E-state index in [0.29, 0.717) is 23.0 Å². The van der Waals surface area contributed by atoms with Crippen molar-refractivity contribution >= 4 is 29.1 Å². The van der Waals surface area contributed by atoms with Gasteiger partial charge in [0.15, 0.2) is 6.61 Å². The summed E-state index contributed by atoms with van der Waals surface area (Å²) in [6.07, 6.45) is 0. The number of carbonyl (C=O) groups is 2. The van der Waals surface area contributed by atoms with Crippen LogP contribution < -0.4 is 15.0 Å². The molecular weight excluding hydrogens is 328 g/mol. The third kappa shape index (κ3) is 3.51. The molecule has 5 nitrogen and oxygen atoms in total. The maximum absolute atomic E-state index is 12.2. The molecule has 0 aromatic heterocycles. The Morgan fingerprint density at radius 2 is 2.08 bits per heavy atom. The van der Waals surface area contributed by atoms with E-state index in [0.717, 1.165) is 11.1 Å². The third-order valence-corrected chi connectivity index (χ3v) is 4.16. The van der Waals surface area contributed by atoms with Crippen molar-refractivity contribution in [2.24, 2.45) is 0 Å². The van der Waals surface area contributed by atoms with E-state index in [2.05, 4.69) is 5.32 Å². The number of benzene rings is 2. The Balaban J connectivity index is 1.69. The second-order valence-electron chi connectivity index (χ2n) is 5.61. The predicted octanol–water partition coefficient (Wildman–Crippen LogP) is 2.69. The van der Waals surface area contributed by atoms with Crippen LogP contribution in [0.15, 0.2) is 42.5 Å². The number of hydrogen-bond acceptors (Lipinski definition) is 3. The maximum Gasteiger partial charge on any atom is 0.265 e. The van der Waals surface area contributed by atoms with Crippen molar-refractivity contribution in [3.05, 3.63) is 58.6 Å². The molecule has 124 valence electrons. The Bertz CT molecular complexity index is 792. The van der Waals surface area contributed by atoms with Crippen molar-refractivity contribution in [3.8, 4) is 5.75 Å². The molecule has 2 aromatic carbocycles. The highest BCUT2D eigenvalue weighted by Crippen LogP contribution is 2.32. The minimum absolute atomic E-state index is 0.0525. The molecule has 0 aliphatic carbocycles. The second-order valence-corrected chi connectivity index (χ2v) is 6.02. The normalized spacial score (nSPS) is 13.2. The average Bonchev–Trinajstić information content (AvgIpc) is 2.57. The number of nitrogens with zero attached hydrogens (tertiary/aromatic N) is 1. The van der Waals surface area contributed by atoms with Gasteiger partial charge in [0.1, 0.15) is 12.3 Å². The number of carbonyl (C=O) groups excluding carboxylic acids is 2. The highest BCUT2D eigenvalue weighted by molar-refractivity contribution is 6.31. The van der Waals surface area contributed by atoms with Crippen molar-refractivity contribution in [2.75, 3.05) is 18.1 Å². The quantitative estimate of drug-likeness (QED) is 0.927. The molecule has 0 radical (unpaired) electrons. The van der Waals surface area contributed by atoms with Crippen LogP contribution in [0.2, 0.25) is 5.02 Å². The number of fused-ring (bicyclic) bond motifs is 1. The van der Waals surface area contributed by atoms with Crippen molar-refractivity contribution in [3.63, 3.8) is 0 Å². The summed E-state index contributed by atoms with van der Waals surface area (Å²) in [5.74, 6) is 0.123. The molecule has 6 heteroatoms. The Kier molecular flexibility index (Phi) is 4.71. The molecule has 1 N–H and O–H groups in total. The molecule has 2 aromatic rings. The smallest absolute Gasteiger partial charge is 0.265 e. The molecule has 0 unspecified atom stereocenters. The molecule has 0 saturated carbocycles. The summed E-state index contributed by atoms with van der Waals surface area (Å²) in [6.45, 7) is 2.13. The molecule has 0 spiro atoms. The largest absolute Gasteiger partial charge is 0.482 e. The highest BCUT2D eigenvalue weighted by atomic mass is 35.5. The molecule has 1 aliphatic heterocycles. The fourth-order valence-electron chi connectivity index (χ4n) is 2.52. The minimum Gasteiger partial charge on any atom is -0.482 e. The van der Waals surface area contributed by atoms with E-state index in [4.69, 9.17) is 16.3 Å². The highest BCUT2D eigenvalue weighted by Gasteiger charge is 2.27. The van der Waals surface area contributed by atoms with Crippen LogP contribution >= 0.6 is 11.6 Å². The van der Waals surface area contributed by atoms with Crippen molar-refractivity contribution in [1.82, 2.24) is 5.32 Å². The summed E-state index contributed by atoms with van der Waals surface area (Å²) in [6, 6.07) is 12.9. The number of halogens is 1. The van der Waals surface area contributed by atoms with E-state index in [1.165, 1.54) is 4.90 Å². The molecule has 1 aliphatic rings. The van der Waals surface area contributed by atoms with Gasteiger partial charge in [-0.1, -0.05) is 35.9 Å². The average molecular weight is 345 g/mol. The van der Waals surface area contributed by atoms with Crippen molar-refractivity contribution < 1.29 is 14.3 Å². The zero-order valence-electron chi connectivity index (χ0n) is 13.2. The predicted molar refractivity (Wildman–Crippen MR) is 92.3 cm³/mol. The number of ether oxygens (including phenoxy) is 1. The van der Waals surface area contributed by atoms with Gasteiger partial charge >= 0.3 is 0 Å². The van der Waals surface area contributed by atoms with E-state index in [1.807, 2.05) is 43.3 Å². The number of rotatable bonds is 4. The van der Waals surface area contributed by atoms with Gasteiger partial charge in [0.25, 0.3) is 5.91 Å². The first kappa shape index (κ1) is 16.3. The van der Waals surface area contributed by atoms with Gasteiger partial charge in [-0.15, -0.1) is 0 Å². The molecule has 0 saturated heterocycles. The zero-order valence-corrected chi connectivity index (χ0v) is 14.0. The first-order valence-corrected chi connectivity index (χ1v) is 7.96. The van der Waals surface area contributed by atoms with Crippen LogP contribution in [0.3, 0.4) is 0 Å². The van der Waals surface area contributed by atoms with E-state index in [-0.39, 0.29) is 25.0 Å². The Morgan fingerprint density at radius 1 is 1.29 bits per heavy atom. The maximum atomic E-state index is 12.2. The Hall–Kier alpha value is -2.53. The lowest BCUT2D eigenvalue weighted by Gasteiger charge is -2.29. The molecule has 0 atom stereocenters. The first-order valence-electron chi connectivity index (χ1n) is 7.58. The number of amides is 2. The summed E-state index contributed by atoms with van der Waals surface area (Å²) < 4.78 is 5.41. The van der Waals surface area contributed by atoms with Gasteiger partial charge < -0.3 is 10.1 Å². The van der Waals surface area contributed by atoms with E-state index >= 15 is 0 Å². The van der Waals surface area contributed by atoms with Gasteiger partial charge in [0, 0.05) is 11.6 Å². The lowest BCUT2D eigenvalue weighted by Crippen LogP contribution is -2.45. The number of aryl methyl sites for hydroxylation is 1. The fraction of sp³-hybridized carbons (Fsp3) is 0.222. The SMILES string of the molecule is Cc1ccc2c(c1)N(CC(=O)NCc1ccccc1Cl)C(=O)CO2. The van der Waals surface area contributed by atoms with Crippen LogP contribution in [0.1, 0.15) is 11.1 Å². The van der Waals surface area contributed by atoms with E-state index < -0.39 is 0 Å². The third-order valence-electron chi connectivity index (χ3n) is 3.79. The van der Waals surface area contributed by atoms with Crippen LogP contribution in [-0.2, 0) is 16.1 Å². The molecule has 24 heavy (non-hydrogen) atoms. The van der Waals surface area contributed by atoms with Crippen LogP contribution in [-0.4, -0.2) is 25.0 Å². The number of nitrogens with one attached hydrogen (secondary N) is 1. The molecule has 1 heterocycles. The zero-order chi connectivity index (χ0) is 17.1. The van der Waals surface area contributed by atoms with Crippen molar-refractivity contribution in [2.45, 2.75) is 13.5 Å². The van der Waals surface area contributed by atoms with Gasteiger partial charge in [-0.05, 0) is 36.2 Å². The standard InChI is InChI=1S/C18H17ClN2O3/c1-12-6-7-16-15(8-12)21(18(23)11-24-16)10-17(22)20-9-13-4-2-3-5-14(13)19/h2-8H,9-11H2,1H3,(H,20,22). The van der Waals surface area contributed by atoms with Crippen LogP contribution in [0.4, 0.5) is 5.69 Å². The van der Waals surface area contributed by atoms with E-state index in [1.54, 1.807) is 6.07 Å². The lowest BCUT2D eigenvalue weighted by molar-refractivity contribution is -0.125.